The number of rotatable bonds is 6. The number of amides is 1. The molecule has 4 N–H and O–H groups in total. The lowest BCUT2D eigenvalue weighted by Crippen LogP contribution is -2.46. The molecule has 0 fully saturated rings. The monoisotopic (exact) mass is 354 g/mol. The second kappa shape index (κ2) is 6.85. The van der Waals surface area contributed by atoms with Crippen LogP contribution in [0, 0.1) is 0 Å². The molecular formula is C13H17F3N2O4S. The molecule has 0 aromatic heterocycles. The predicted octanol–water partition coefficient (Wildman–Crippen LogP) is 0.696. The molecule has 0 spiro atoms. The number of sulfonamides is 1. The summed E-state index contributed by atoms with van der Waals surface area (Å²) < 4.78 is 59.4. The van der Waals surface area contributed by atoms with Gasteiger partial charge in [-0.15, -0.1) is 0 Å². The van der Waals surface area contributed by atoms with Gasteiger partial charge in [-0.25, -0.2) is 13.6 Å². The van der Waals surface area contributed by atoms with Crippen molar-refractivity contribution in [1.82, 2.24) is 5.32 Å². The molecule has 1 aromatic rings. The quantitative estimate of drug-likeness (QED) is 0.698. The number of primary sulfonamides is 1. The van der Waals surface area contributed by atoms with Crippen LogP contribution in [0.25, 0.3) is 0 Å². The Balaban J connectivity index is 2.50. The van der Waals surface area contributed by atoms with Crippen LogP contribution in [0.3, 0.4) is 0 Å². The molecule has 0 aliphatic rings. The van der Waals surface area contributed by atoms with Crippen LogP contribution in [0.5, 0.6) is 0 Å². The van der Waals surface area contributed by atoms with Crippen LogP contribution in [-0.2, 0) is 21.2 Å². The first-order valence-corrected chi connectivity index (χ1v) is 8.05. The van der Waals surface area contributed by atoms with Crippen molar-refractivity contribution in [3.05, 3.63) is 29.8 Å². The van der Waals surface area contributed by atoms with Gasteiger partial charge in [0.15, 0.2) is 5.60 Å². The van der Waals surface area contributed by atoms with Crippen molar-refractivity contribution >= 4 is 15.9 Å². The zero-order chi connectivity index (χ0) is 17.9. The van der Waals surface area contributed by atoms with E-state index in [-0.39, 0.29) is 17.9 Å². The Morgan fingerprint density at radius 2 is 1.78 bits per heavy atom. The van der Waals surface area contributed by atoms with Gasteiger partial charge in [0.25, 0.3) is 0 Å². The summed E-state index contributed by atoms with van der Waals surface area (Å²) in [5, 5.41) is 16.4. The van der Waals surface area contributed by atoms with Gasteiger partial charge in [-0.3, -0.25) is 4.79 Å². The van der Waals surface area contributed by atoms with Gasteiger partial charge in [-0.05, 0) is 31.0 Å². The SMILES string of the molecule is C[C@@](O)(CC(=O)NCCc1ccc(S(N)(=O)=O)cc1)C(F)(F)F. The van der Waals surface area contributed by atoms with Gasteiger partial charge < -0.3 is 10.4 Å². The maximum absolute atomic E-state index is 12.4. The second-order valence-electron chi connectivity index (χ2n) is 5.24. The maximum Gasteiger partial charge on any atom is 0.417 e. The fourth-order valence-corrected chi connectivity index (χ4v) is 2.18. The number of hydrogen-bond donors (Lipinski definition) is 3. The lowest BCUT2D eigenvalue weighted by molar-refractivity contribution is -0.253. The van der Waals surface area contributed by atoms with Crippen molar-refractivity contribution in [3.63, 3.8) is 0 Å². The lowest BCUT2D eigenvalue weighted by Gasteiger charge is -2.25. The summed E-state index contributed by atoms with van der Waals surface area (Å²) in [5.41, 5.74) is -2.42. The summed E-state index contributed by atoms with van der Waals surface area (Å²) in [6.45, 7) is 0.569. The molecule has 1 amide bonds. The van der Waals surface area contributed by atoms with Crippen LogP contribution in [-0.4, -0.2) is 37.8 Å². The molecule has 10 heteroatoms. The molecule has 0 bridgehead atoms. The van der Waals surface area contributed by atoms with Gasteiger partial charge in [0, 0.05) is 6.54 Å². The van der Waals surface area contributed by atoms with E-state index in [1.54, 1.807) is 0 Å². The van der Waals surface area contributed by atoms with Crippen molar-refractivity contribution in [2.45, 2.75) is 36.4 Å². The van der Waals surface area contributed by atoms with Gasteiger partial charge in [0.05, 0.1) is 11.3 Å². The van der Waals surface area contributed by atoms with Crippen LogP contribution in [0.2, 0.25) is 0 Å². The van der Waals surface area contributed by atoms with Crippen molar-refractivity contribution in [2.24, 2.45) is 5.14 Å². The topological polar surface area (TPSA) is 109 Å². The molecule has 0 saturated carbocycles. The zero-order valence-corrected chi connectivity index (χ0v) is 13.0. The minimum absolute atomic E-state index is 0.0431. The normalized spacial score (nSPS) is 15.0. The van der Waals surface area contributed by atoms with E-state index in [1.165, 1.54) is 24.3 Å². The highest BCUT2D eigenvalue weighted by atomic mass is 32.2. The number of nitrogens with one attached hydrogen (secondary N) is 1. The number of hydrogen-bond acceptors (Lipinski definition) is 4. The number of carbonyl (C=O) groups excluding carboxylic acids is 1. The highest BCUT2D eigenvalue weighted by Crippen LogP contribution is 2.32. The molecular weight excluding hydrogens is 337 g/mol. The Morgan fingerprint density at radius 3 is 2.22 bits per heavy atom. The maximum atomic E-state index is 12.4. The first-order chi connectivity index (χ1) is 10.3. The van der Waals surface area contributed by atoms with E-state index in [4.69, 9.17) is 5.14 Å². The minimum atomic E-state index is -4.89. The van der Waals surface area contributed by atoms with Gasteiger partial charge in [-0.2, -0.15) is 13.2 Å². The molecule has 1 atom stereocenters. The van der Waals surface area contributed by atoms with Crippen molar-refractivity contribution in [2.75, 3.05) is 6.54 Å². The third-order valence-electron chi connectivity index (χ3n) is 3.10. The molecule has 0 saturated heterocycles. The van der Waals surface area contributed by atoms with Crippen LogP contribution in [0.1, 0.15) is 18.9 Å². The van der Waals surface area contributed by atoms with Gasteiger partial charge in [0.1, 0.15) is 0 Å². The van der Waals surface area contributed by atoms with Crippen LogP contribution >= 0.6 is 0 Å². The van der Waals surface area contributed by atoms with Crippen molar-refractivity contribution in [3.8, 4) is 0 Å². The van der Waals surface area contributed by atoms with E-state index in [1.807, 2.05) is 0 Å². The molecule has 23 heavy (non-hydrogen) atoms. The summed E-state index contributed by atoms with van der Waals surface area (Å²) >= 11 is 0. The summed E-state index contributed by atoms with van der Waals surface area (Å²) in [6, 6.07) is 5.55. The Morgan fingerprint density at radius 1 is 1.26 bits per heavy atom. The van der Waals surface area contributed by atoms with Crippen LogP contribution < -0.4 is 10.5 Å². The molecule has 1 rings (SSSR count). The van der Waals surface area contributed by atoms with Crippen LogP contribution in [0.15, 0.2) is 29.2 Å². The number of aliphatic hydroxyl groups is 1. The molecule has 0 radical (unpaired) electrons. The molecule has 0 aliphatic heterocycles. The third kappa shape index (κ3) is 5.81. The Kier molecular flexibility index (Phi) is 5.78. The Bertz CT molecular complexity index is 655. The standard InChI is InChI=1S/C13H17F3N2O4S/c1-12(20,13(14,15)16)8-11(19)18-7-6-9-2-4-10(5-3-9)23(17,21)22/h2-5,20H,6-8H2,1H3,(H,18,19)(H2,17,21,22)/t12-/m1/s1. The largest absolute Gasteiger partial charge is 0.417 e. The average Bonchev–Trinajstić information content (AvgIpc) is 2.36. The minimum Gasteiger partial charge on any atom is -0.380 e. The summed E-state index contributed by atoms with van der Waals surface area (Å²) in [6.07, 6.45) is -5.71. The molecule has 6 nitrogen and oxygen atoms in total. The van der Waals surface area contributed by atoms with E-state index >= 15 is 0 Å². The number of benzene rings is 1. The predicted molar refractivity (Wildman–Crippen MR) is 75.8 cm³/mol. The highest BCUT2D eigenvalue weighted by molar-refractivity contribution is 7.89. The lowest BCUT2D eigenvalue weighted by atomic mass is 10.0. The zero-order valence-electron chi connectivity index (χ0n) is 12.2. The highest BCUT2D eigenvalue weighted by Gasteiger charge is 2.50. The third-order valence-corrected chi connectivity index (χ3v) is 4.03. The first kappa shape index (κ1) is 19.4. The van der Waals surface area contributed by atoms with Crippen molar-refractivity contribution < 1.29 is 31.5 Å². The number of nitrogens with two attached hydrogens (primary N) is 1. The van der Waals surface area contributed by atoms with E-state index in [9.17, 15) is 31.5 Å². The van der Waals surface area contributed by atoms with Crippen LogP contribution in [0.4, 0.5) is 13.2 Å². The van der Waals surface area contributed by atoms with Gasteiger partial charge >= 0.3 is 6.18 Å². The fourth-order valence-electron chi connectivity index (χ4n) is 1.67. The Hall–Kier alpha value is -1.65. The fraction of sp³-hybridized carbons (Fsp3) is 0.462. The van der Waals surface area contributed by atoms with Gasteiger partial charge in [0.2, 0.25) is 15.9 Å². The smallest absolute Gasteiger partial charge is 0.380 e. The number of carbonyl (C=O) groups is 1. The molecule has 0 heterocycles. The number of halogens is 3. The van der Waals surface area contributed by atoms with E-state index in [2.05, 4.69) is 5.32 Å². The summed E-state index contributed by atoms with van der Waals surface area (Å²) in [5.74, 6) is -0.937. The van der Waals surface area contributed by atoms with E-state index in [0.717, 1.165) is 0 Å². The Labute approximate surface area is 131 Å². The van der Waals surface area contributed by atoms with E-state index in [0.29, 0.717) is 12.5 Å². The summed E-state index contributed by atoms with van der Waals surface area (Å²) in [7, 11) is -3.79. The molecule has 1 aromatic carbocycles. The second-order valence-corrected chi connectivity index (χ2v) is 6.80. The summed E-state index contributed by atoms with van der Waals surface area (Å²) in [4.78, 5) is 11.4. The number of alkyl halides is 3. The molecule has 0 aliphatic carbocycles. The molecule has 130 valence electrons. The van der Waals surface area contributed by atoms with Gasteiger partial charge in [-0.1, -0.05) is 12.1 Å². The average molecular weight is 354 g/mol. The van der Waals surface area contributed by atoms with Crippen molar-refractivity contribution in [1.29, 1.82) is 0 Å². The first-order valence-electron chi connectivity index (χ1n) is 6.50. The van der Waals surface area contributed by atoms with E-state index < -0.39 is 34.1 Å². The molecule has 0 unspecified atom stereocenters.